The van der Waals surface area contributed by atoms with Gasteiger partial charge in [0.25, 0.3) is 5.91 Å². The van der Waals surface area contributed by atoms with Crippen molar-refractivity contribution in [2.45, 2.75) is 6.92 Å². The number of fused-ring (bicyclic) bond motifs is 1. The van der Waals surface area contributed by atoms with E-state index in [-0.39, 0.29) is 5.91 Å². The van der Waals surface area contributed by atoms with E-state index in [2.05, 4.69) is 16.2 Å². The highest BCUT2D eigenvalue weighted by molar-refractivity contribution is 6.31. The van der Waals surface area contributed by atoms with Gasteiger partial charge in [0, 0.05) is 21.7 Å². The topological polar surface area (TPSA) is 42.0 Å². The van der Waals surface area contributed by atoms with Crippen LogP contribution in [0.4, 0.5) is 5.69 Å². The Morgan fingerprint density at radius 2 is 2.04 bits per heavy atom. The Morgan fingerprint density at radius 3 is 2.83 bits per heavy atom. The minimum Gasteiger partial charge on any atom is -0.322 e. The number of carbonyl (C=O) groups excluding carboxylic acids is 1. The van der Waals surface area contributed by atoms with E-state index in [1.807, 2.05) is 6.07 Å². The fourth-order valence-electron chi connectivity index (χ4n) is 2.36. The third kappa shape index (κ3) is 3.18. The van der Waals surface area contributed by atoms with Crippen LogP contribution >= 0.6 is 11.6 Å². The molecule has 1 aromatic heterocycles. The number of halogens is 1. The summed E-state index contributed by atoms with van der Waals surface area (Å²) in [5.41, 5.74) is 3.33. The molecule has 0 aliphatic heterocycles. The number of hydrogen-bond donors (Lipinski definition) is 1. The zero-order valence-electron chi connectivity index (χ0n) is 12.4. The van der Waals surface area contributed by atoms with E-state index in [0.717, 1.165) is 10.9 Å². The quantitative estimate of drug-likeness (QED) is 0.710. The van der Waals surface area contributed by atoms with Gasteiger partial charge in [-0.1, -0.05) is 23.6 Å². The second kappa shape index (κ2) is 6.12. The number of benzene rings is 2. The lowest BCUT2D eigenvalue weighted by atomic mass is 10.1. The molecular weight excluding hydrogens is 308 g/mol. The summed E-state index contributed by atoms with van der Waals surface area (Å²) in [4.78, 5) is 17.0. The van der Waals surface area contributed by atoms with E-state index in [1.54, 1.807) is 49.4 Å². The molecule has 0 saturated heterocycles. The number of amides is 1. The van der Waals surface area contributed by atoms with Gasteiger partial charge in [0.15, 0.2) is 0 Å². The number of nitrogens with one attached hydrogen (secondary N) is 1. The average molecular weight is 321 g/mol. The highest BCUT2D eigenvalue weighted by Gasteiger charge is 2.12. The lowest BCUT2D eigenvalue weighted by Crippen LogP contribution is -2.14. The van der Waals surface area contributed by atoms with Crippen molar-refractivity contribution in [3.05, 3.63) is 70.4 Å². The second-order valence-corrected chi connectivity index (χ2v) is 5.57. The van der Waals surface area contributed by atoms with E-state index >= 15 is 0 Å². The molecule has 0 aliphatic rings. The summed E-state index contributed by atoms with van der Waals surface area (Å²) in [7, 11) is 0. The first-order valence-corrected chi connectivity index (χ1v) is 7.39. The van der Waals surface area contributed by atoms with Crippen molar-refractivity contribution in [3.8, 4) is 12.3 Å². The molecule has 112 valence electrons. The maximum atomic E-state index is 12.5. The number of anilines is 1. The molecule has 0 bridgehead atoms. The minimum absolute atomic E-state index is 0.231. The van der Waals surface area contributed by atoms with E-state index in [4.69, 9.17) is 18.0 Å². The van der Waals surface area contributed by atoms with E-state index in [0.29, 0.717) is 27.5 Å². The maximum absolute atomic E-state index is 12.5. The fraction of sp³-hybridized carbons (Fsp3) is 0.0526. The molecule has 0 atom stereocenters. The van der Waals surface area contributed by atoms with E-state index in [9.17, 15) is 4.79 Å². The molecule has 0 fully saturated rings. The zero-order valence-corrected chi connectivity index (χ0v) is 13.2. The zero-order chi connectivity index (χ0) is 16.4. The maximum Gasteiger partial charge on any atom is 0.257 e. The molecule has 2 aromatic carbocycles. The van der Waals surface area contributed by atoms with Gasteiger partial charge in [-0.2, -0.15) is 0 Å². The highest BCUT2D eigenvalue weighted by Crippen LogP contribution is 2.21. The summed E-state index contributed by atoms with van der Waals surface area (Å²) in [6.45, 7) is 1.81. The van der Waals surface area contributed by atoms with E-state index in [1.165, 1.54) is 0 Å². The Bertz CT molecular complexity index is 957. The summed E-state index contributed by atoms with van der Waals surface area (Å²) < 4.78 is 0. The van der Waals surface area contributed by atoms with Crippen LogP contribution in [0.2, 0.25) is 5.02 Å². The molecule has 0 aliphatic carbocycles. The van der Waals surface area contributed by atoms with Crippen LogP contribution in [-0.4, -0.2) is 10.9 Å². The predicted octanol–water partition coefficient (Wildman–Crippen LogP) is 4.43. The van der Waals surface area contributed by atoms with Crippen LogP contribution in [0.5, 0.6) is 0 Å². The Kier molecular flexibility index (Phi) is 4.01. The lowest BCUT2D eigenvalue weighted by molar-refractivity contribution is 0.102. The van der Waals surface area contributed by atoms with Crippen LogP contribution in [0.3, 0.4) is 0 Å². The number of rotatable bonds is 2. The van der Waals surface area contributed by atoms with Gasteiger partial charge in [-0.3, -0.25) is 9.78 Å². The van der Waals surface area contributed by atoms with Gasteiger partial charge in [0.05, 0.1) is 16.8 Å². The SMILES string of the molecule is C#Cc1cccc(NC(=O)c2cc3cc(Cl)ccc3nc2C)c1. The Labute approximate surface area is 139 Å². The number of terminal acetylenes is 1. The van der Waals surface area contributed by atoms with Crippen LogP contribution < -0.4 is 5.32 Å². The second-order valence-electron chi connectivity index (χ2n) is 5.14. The summed E-state index contributed by atoms with van der Waals surface area (Å²) in [5, 5.41) is 4.28. The molecule has 23 heavy (non-hydrogen) atoms. The molecule has 3 nitrogen and oxygen atoms in total. The first-order valence-electron chi connectivity index (χ1n) is 7.02. The molecule has 0 unspecified atom stereocenters. The molecule has 0 radical (unpaired) electrons. The van der Waals surface area contributed by atoms with Gasteiger partial charge < -0.3 is 5.32 Å². The van der Waals surface area contributed by atoms with Crippen LogP contribution in [-0.2, 0) is 0 Å². The largest absolute Gasteiger partial charge is 0.322 e. The van der Waals surface area contributed by atoms with E-state index < -0.39 is 0 Å². The number of hydrogen-bond acceptors (Lipinski definition) is 2. The molecule has 3 rings (SSSR count). The number of carbonyl (C=O) groups is 1. The first-order chi connectivity index (χ1) is 11.1. The van der Waals surface area contributed by atoms with Crippen molar-refractivity contribution in [1.29, 1.82) is 0 Å². The van der Waals surface area contributed by atoms with Crippen molar-refractivity contribution in [2.24, 2.45) is 0 Å². The van der Waals surface area contributed by atoms with Gasteiger partial charge in [-0.15, -0.1) is 6.42 Å². The number of aryl methyl sites for hydroxylation is 1. The summed E-state index contributed by atoms with van der Waals surface area (Å²) in [5.74, 6) is 2.31. The third-order valence-corrected chi connectivity index (χ3v) is 3.73. The van der Waals surface area contributed by atoms with Gasteiger partial charge in [0.1, 0.15) is 0 Å². The molecule has 1 heterocycles. The van der Waals surface area contributed by atoms with Gasteiger partial charge >= 0.3 is 0 Å². The minimum atomic E-state index is -0.231. The molecule has 4 heteroatoms. The number of pyridine rings is 1. The standard InChI is InChI=1S/C19H13ClN2O/c1-3-13-5-4-6-16(9-13)22-19(23)17-11-14-10-15(20)7-8-18(14)21-12(17)2/h1,4-11H,2H3,(H,22,23). The predicted molar refractivity (Wildman–Crippen MR) is 93.8 cm³/mol. The monoisotopic (exact) mass is 320 g/mol. The fourth-order valence-corrected chi connectivity index (χ4v) is 2.54. The number of aromatic nitrogens is 1. The highest BCUT2D eigenvalue weighted by atomic mass is 35.5. The molecule has 3 aromatic rings. The molecule has 1 amide bonds. The Hall–Kier alpha value is -2.83. The number of nitrogens with zero attached hydrogens (tertiary/aromatic N) is 1. The lowest BCUT2D eigenvalue weighted by Gasteiger charge is -2.09. The molecule has 0 saturated carbocycles. The van der Waals surface area contributed by atoms with Crippen molar-refractivity contribution in [1.82, 2.24) is 4.98 Å². The Morgan fingerprint density at radius 1 is 1.22 bits per heavy atom. The Balaban J connectivity index is 1.97. The van der Waals surface area contributed by atoms with Gasteiger partial charge in [-0.05, 0) is 49.4 Å². The average Bonchev–Trinajstić information content (AvgIpc) is 2.54. The van der Waals surface area contributed by atoms with Crippen molar-refractivity contribution < 1.29 is 4.79 Å². The molecular formula is C19H13ClN2O. The molecule has 1 N–H and O–H groups in total. The van der Waals surface area contributed by atoms with Gasteiger partial charge in [-0.25, -0.2) is 0 Å². The smallest absolute Gasteiger partial charge is 0.257 e. The first kappa shape index (κ1) is 15.1. The van der Waals surface area contributed by atoms with Crippen LogP contribution in [0.15, 0.2) is 48.5 Å². The van der Waals surface area contributed by atoms with Crippen LogP contribution in [0.25, 0.3) is 10.9 Å². The van der Waals surface area contributed by atoms with Gasteiger partial charge in [0.2, 0.25) is 0 Å². The normalized spacial score (nSPS) is 10.3. The van der Waals surface area contributed by atoms with Crippen LogP contribution in [0, 0.1) is 19.3 Å². The van der Waals surface area contributed by atoms with Crippen molar-refractivity contribution >= 4 is 34.1 Å². The molecule has 0 spiro atoms. The summed E-state index contributed by atoms with van der Waals surface area (Å²) in [6, 6.07) is 14.3. The summed E-state index contributed by atoms with van der Waals surface area (Å²) in [6.07, 6.45) is 5.38. The summed E-state index contributed by atoms with van der Waals surface area (Å²) >= 11 is 6.01. The van der Waals surface area contributed by atoms with Crippen molar-refractivity contribution in [3.63, 3.8) is 0 Å². The van der Waals surface area contributed by atoms with Crippen LogP contribution in [0.1, 0.15) is 21.6 Å². The van der Waals surface area contributed by atoms with Crippen molar-refractivity contribution in [2.75, 3.05) is 5.32 Å². The third-order valence-electron chi connectivity index (χ3n) is 3.50.